The van der Waals surface area contributed by atoms with E-state index >= 15 is 0 Å². The number of halogens is 1. The predicted octanol–water partition coefficient (Wildman–Crippen LogP) is 2.82. The maximum Gasteiger partial charge on any atom is 0.245 e. The van der Waals surface area contributed by atoms with Crippen molar-refractivity contribution in [2.24, 2.45) is 5.92 Å². The number of fused-ring (bicyclic) bond motifs is 1. The lowest BCUT2D eigenvalue weighted by Gasteiger charge is -2.31. The number of nitrogens with zero attached hydrogens (tertiary/aromatic N) is 2. The third-order valence-corrected chi connectivity index (χ3v) is 4.82. The molecule has 6 nitrogen and oxygen atoms in total. The van der Waals surface area contributed by atoms with E-state index in [0.29, 0.717) is 36.8 Å². The molecule has 1 aliphatic rings. The topological polar surface area (TPSA) is 78.1 Å². The van der Waals surface area contributed by atoms with Crippen molar-refractivity contribution in [1.29, 1.82) is 0 Å². The maximum absolute atomic E-state index is 12.5. The highest BCUT2D eigenvalue weighted by molar-refractivity contribution is 6.31. The average Bonchev–Trinajstić information content (AvgIpc) is 3.04. The highest BCUT2D eigenvalue weighted by Gasteiger charge is 2.27. The van der Waals surface area contributed by atoms with Gasteiger partial charge < -0.3 is 15.2 Å². The Morgan fingerprint density at radius 3 is 2.84 bits per heavy atom. The number of H-pyrrole nitrogens is 1. The van der Waals surface area contributed by atoms with Crippen molar-refractivity contribution in [3.63, 3.8) is 0 Å². The molecule has 1 fully saturated rings. The number of rotatable bonds is 4. The summed E-state index contributed by atoms with van der Waals surface area (Å²) in [5.74, 6) is 0.532. The van der Waals surface area contributed by atoms with Crippen LogP contribution in [-0.2, 0) is 9.59 Å². The van der Waals surface area contributed by atoms with E-state index in [4.69, 9.17) is 11.6 Å². The van der Waals surface area contributed by atoms with Gasteiger partial charge in [-0.3, -0.25) is 9.59 Å². The van der Waals surface area contributed by atoms with Gasteiger partial charge >= 0.3 is 0 Å². The van der Waals surface area contributed by atoms with Crippen LogP contribution >= 0.6 is 11.6 Å². The Morgan fingerprint density at radius 1 is 1.44 bits per heavy atom. The summed E-state index contributed by atoms with van der Waals surface area (Å²) in [6.45, 7) is 6.56. The number of piperidine rings is 1. The van der Waals surface area contributed by atoms with Crippen LogP contribution in [0.1, 0.15) is 31.6 Å². The van der Waals surface area contributed by atoms with Crippen molar-refractivity contribution in [2.75, 3.05) is 13.1 Å². The van der Waals surface area contributed by atoms with Crippen LogP contribution in [-0.4, -0.2) is 39.8 Å². The molecule has 7 heteroatoms. The lowest BCUT2D eigenvalue weighted by molar-refractivity contribution is -0.132. The maximum atomic E-state index is 12.5. The van der Waals surface area contributed by atoms with Gasteiger partial charge in [-0.2, -0.15) is 0 Å². The van der Waals surface area contributed by atoms with Crippen LogP contribution in [0.2, 0.25) is 5.02 Å². The summed E-state index contributed by atoms with van der Waals surface area (Å²) in [5.41, 5.74) is 1.66. The first kappa shape index (κ1) is 17.5. The van der Waals surface area contributed by atoms with Gasteiger partial charge in [0.2, 0.25) is 11.8 Å². The minimum absolute atomic E-state index is 0.00306. The molecular weight excluding hydrogens is 340 g/mol. The highest BCUT2D eigenvalue weighted by atomic mass is 35.5. The Bertz CT molecular complexity index is 809. The number of benzene rings is 1. The number of imidazole rings is 1. The van der Waals surface area contributed by atoms with Crippen LogP contribution in [0.3, 0.4) is 0 Å². The van der Waals surface area contributed by atoms with E-state index in [0.717, 1.165) is 11.0 Å². The Balaban J connectivity index is 1.60. The summed E-state index contributed by atoms with van der Waals surface area (Å²) in [5, 5.41) is 3.65. The Labute approximate surface area is 151 Å². The summed E-state index contributed by atoms with van der Waals surface area (Å²) in [6.07, 6.45) is 2.64. The molecule has 25 heavy (non-hydrogen) atoms. The average molecular weight is 361 g/mol. The molecule has 1 aromatic carbocycles. The van der Waals surface area contributed by atoms with Gasteiger partial charge in [0.25, 0.3) is 0 Å². The van der Waals surface area contributed by atoms with E-state index in [1.807, 2.05) is 19.1 Å². The van der Waals surface area contributed by atoms with Crippen molar-refractivity contribution in [2.45, 2.75) is 25.8 Å². The SMILES string of the molecule is C=CC(=O)N1CCC(C(=O)NC(C)c2nc3ccc(Cl)cc3[nH]2)CC1. The molecule has 0 spiro atoms. The minimum Gasteiger partial charge on any atom is -0.346 e. The normalized spacial score (nSPS) is 16.6. The molecule has 0 radical (unpaired) electrons. The molecule has 1 saturated heterocycles. The van der Waals surface area contributed by atoms with Crippen LogP contribution in [0.25, 0.3) is 11.0 Å². The molecule has 2 N–H and O–H groups in total. The van der Waals surface area contributed by atoms with Gasteiger partial charge in [-0.15, -0.1) is 0 Å². The van der Waals surface area contributed by atoms with Crippen LogP contribution in [0.5, 0.6) is 0 Å². The molecule has 0 aliphatic carbocycles. The zero-order valence-electron chi connectivity index (χ0n) is 14.1. The lowest BCUT2D eigenvalue weighted by Crippen LogP contribution is -2.43. The van der Waals surface area contributed by atoms with Crippen molar-refractivity contribution in [1.82, 2.24) is 20.2 Å². The third kappa shape index (κ3) is 3.85. The van der Waals surface area contributed by atoms with E-state index in [2.05, 4.69) is 21.9 Å². The molecule has 2 heterocycles. The summed E-state index contributed by atoms with van der Waals surface area (Å²) in [6, 6.07) is 5.22. The standard InChI is InChI=1S/C18H21ClN4O2/c1-3-16(24)23-8-6-12(7-9-23)18(25)20-11(2)17-21-14-5-4-13(19)10-15(14)22-17/h3-5,10-12H,1,6-9H2,2H3,(H,20,25)(H,21,22). The Hall–Kier alpha value is -2.34. The van der Waals surface area contributed by atoms with Crippen molar-refractivity contribution >= 4 is 34.4 Å². The fourth-order valence-electron chi connectivity index (χ4n) is 3.10. The first-order valence-electron chi connectivity index (χ1n) is 8.35. The lowest BCUT2D eigenvalue weighted by atomic mass is 9.95. The smallest absolute Gasteiger partial charge is 0.245 e. The monoisotopic (exact) mass is 360 g/mol. The molecule has 0 bridgehead atoms. The van der Waals surface area contributed by atoms with E-state index < -0.39 is 0 Å². The van der Waals surface area contributed by atoms with Gasteiger partial charge in [-0.05, 0) is 44.0 Å². The Morgan fingerprint density at radius 2 is 2.16 bits per heavy atom. The van der Waals surface area contributed by atoms with Gasteiger partial charge in [0.1, 0.15) is 5.82 Å². The largest absolute Gasteiger partial charge is 0.346 e. The number of carbonyl (C=O) groups is 2. The number of hydrogen-bond acceptors (Lipinski definition) is 3. The van der Waals surface area contributed by atoms with Crippen LogP contribution < -0.4 is 5.32 Å². The number of likely N-dealkylation sites (tertiary alicyclic amines) is 1. The second-order valence-corrected chi connectivity index (χ2v) is 6.75. The fraction of sp³-hybridized carbons (Fsp3) is 0.389. The first-order chi connectivity index (χ1) is 12.0. The van der Waals surface area contributed by atoms with Gasteiger partial charge in [-0.25, -0.2) is 4.98 Å². The fourth-order valence-corrected chi connectivity index (χ4v) is 3.27. The number of amides is 2. The number of aromatic nitrogens is 2. The van der Waals surface area contributed by atoms with Gasteiger partial charge in [0.15, 0.2) is 0 Å². The number of nitrogens with one attached hydrogen (secondary N) is 2. The van der Waals surface area contributed by atoms with Crippen molar-refractivity contribution < 1.29 is 9.59 Å². The summed E-state index contributed by atoms with van der Waals surface area (Å²) < 4.78 is 0. The predicted molar refractivity (Wildman–Crippen MR) is 97.2 cm³/mol. The van der Waals surface area contributed by atoms with Gasteiger partial charge in [0.05, 0.1) is 17.1 Å². The molecule has 3 rings (SSSR count). The molecule has 1 unspecified atom stereocenters. The number of carbonyl (C=O) groups excluding carboxylic acids is 2. The van der Waals surface area contributed by atoms with Gasteiger partial charge in [0, 0.05) is 24.0 Å². The van der Waals surface area contributed by atoms with E-state index in [1.54, 1.807) is 11.0 Å². The van der Waals surface area contributed by atoms with Crippen molar-refractivity contribution in [3.05, 3.63) is 41.7 Å². The third-order valence-electron chi connectivity index (χ3n) is 4.58. The quantitative estimate of drug-likeness (QED) is 0.823. The molecule has 2 amide bonds. The Kier molecular flexibility index (Phi) is 5.08. The molecule has 2 aromatic rings. The zero-order valence-corrected chi connectivity index (χ0v) is 14.8. The first-order valence-corrected chi connectivity index (χ1v) is 8.72. The minimum atomic E-state index is -0.230. The number of hydrogen-bond donors (Lipinski definition) is 2. The molecule has 0 saturated carbocycles. The van der Waals surface area contributed by atoms with Gasteiger partial charge in [-0.1, -0.05) is 18.2 Å². The molecule has 1 atom stereocenters. The second kappa shape index (κ2) is 7.27. The van der Waals surface area contributed by atoms with Crippen molar-refractivity contribution in [3.8, 4) is 0 Å². The molecule has 1 aromatic heterocycles. The zero-order chi connectivity index (χ0) is 18.0. The summed E-state index contributed by atoms with van der Waals surface area (Å²) >= 11 is 5.99. The van der Waals surface area contributed by atoms with E-state index in [1.165, 1.54) is 6.08 Å². The van der Waals surface area contributed by atoms with Crippen LogP contribution in [0.4, 0.5) is 0 Å². The molecular formula is C18H21ClN4O2. The van der Waals surface area contributed by atoms with Crippen LogP contribution in [0, 0.1) is 5.92 Å². The number of aromatic amines is 1. The van der Waals surface area contributed by atoms with E-state index in [-0.39, 0.29) is 23.8 Å². The summed E-state index contributed by atoms with van der Waals surface area (Å²) in [4.78, 5) is 33.5. The molecule has 132 valence electrons. The highest BCUT2D eigenvalue weighted by Crippen LogP contribution is 2.22. The second-order valence-electron chi connectivity index (χ2n) is 6.32. The summed E-state index contributed by atoms with van der Waals surface area (Å²) in [7, 11) is 0. The van der Waals surface area contributed by atoms with E-state index in [9.17, 15) is 9.59 Å². The van der Waals surface area contributed by atoms with Crippen LogP contribution in [0.15, 0.2) is 30.9 Å². The molecule has 1 aliphatic heterocycles.